The molecule has 516 valence electrons. The zero-order chi connectivity index (χ0) is 71.6. The number of nitrogens with one attached hydrogen (secondary N) is 4. The van der Waals surface area contributed by atoms with E-state index in [9.17, 15) is 93.7 Å². The smallest absolute Gasteiger partial charge is 0.434 e. The molecule has 0 fully saturated rings. The van der Waals surface area contributed by atoms with Crippen molar-refractivity contribution in [2.75, 3.05) is 30.6 Å². The van der Waals surface area contributed by atoms with Crippen LogP contribution in [-0.2, 0) is 53.8 Å². The van der Waals surface area contributed by atoms with Crippen LogP contribution >= 0.6 is 34.9 Å². The summed E-state index contributed by atoms with van der Waals surface area (Å²) in [6.45, 7) is -0.909. The van der Waals surface area contributed by atoms with Crippen LogP contribution in [0.5, 0.6) is 17.8 Å². The fourth-order valence-corrected chi connectivity index (χ4v) is 10.8. The highest BCUT2D eigenvalue weighted by molar-refractivity contribution is 9.10. The number of carbonyl (C=O) groups is 5. The first-order chi connectivity index (χ1) is 43.2. The Morgan fingerprint density at radius 2 is 1.30 bits per heavy atom. The average Bonchev–Trinajstić information content (AvgIpc) is 1.59. The van der Waals surface area contributed by atoms with E-state index in [1.165, 1.54) is 55.8 Å². The van der Waals surface area contributed by atoms with Crippen molar-refractivity contribution in [1.82, 2.24) is 44.1 Å². The molecule has 6 aromatic rings. The number of hydrogen-bond acceptors (Lipinski definition) is 21. The number of aliphatic carboxylic acids is 1. The minimum Gasteiger partial charge on any atom is -0.480 e. The monoisotopic (exact) mass is 1500 g/mol. The van der Waals surface area contributed by atoms with Gasteiger partial charge < -0.3 is 39.8 Å². The molecule has 0 aliphatic carbocycles. The molecule has 0 aliphatic rings. The molecule has 0 bridgehead atoms. The molecule has 94 heavy (non-hydrogen) atoms. The Bertz CT molecular complexity index is 3960. The largest absolute Gasteiger partial charge is 0.480 e. The van der Waals surface area contributed by atoms with Crippen molar-refractivity contribution in [2.24, 2.45) is 12.8 Å². The summed E-state index contributed by atoms with van der Waals surface area (Å²) in [5, 5.41) is 24.6. The van der Waals surface area contributed by atoms with Gasteiger partial charge in [-0.15, -0.1) is 0 Å². The number of alkyl halides is 10. The predicted octanol–water partition coefficient (Wildman–Crippen LogP) is 9.00. The number of sulfonamides is 2. The van der Waals surface area contributed by atoms with Crippen molar-refractivity contribution in [2.45, 2.75) is 87.5 Å². The van der Waals surface area contributed by atoms with E-state index in [1.54, 1.807) is 23.9 Å². The molecule has 0 radical (unpaired) electrons. The molecule has 0 spiro atoms. The fourth-order valence-electron chi connectivity index (χ4n) is 6.75. The van der Waals surface area contributed by atoms with Crippen LogP contribution < -0.4 is 40.0 Å². The van der Waals surface area contributed by atoms with Gasteiger partial charge in [0.15, 0.2) is 13.1 Å². The van der Waals surface area contributed by atoms with Gasteiger partial charge in [0.2, 0.25) is 23.7 Å². The van der Waals surface area contributed by atoms with Crippen LogP contribution in [0.4, 0.5) is 69.8 Å². The number of carboxylic acids is 2. The number of anilines is 2. The molecule has 0 saturated heterocycles. The molecular weight excluding hydrogens is 1450 g/mol. The molecular formula is C49H50BrClF11N12O17PS2. The van der Waals surface area contributed by atoms with Crippen molar-refractivity contribution in [3.8, 4) is 29.0 Å². The van der Waals surface area contributed by atoms with Gasteiger partial charge in [-0.2, -0.15) is 73.9 Å². The number of amides is 4. The number of carbonyl (C=O) groups excluding carboxylic acids is 3. The topological polar surface area (TPSA) is 425 Å². The Kier molecular flexibility index (Phi) is 28.8. The quantitative estimate of drug-likeness (QED) is 0.0189. The first kappa shape index (κ1) is 79.6. The van der Waals surface area contributed by atoms with Gasteiger partial charge in [-0.05, 0) is 85.4 Å². The van der Waals surface area contributed by atoms with Gasteiger partial charge in [0.25, 0.3) is 20.0 Å². The second kappa shape index (κ2) is 34.0. The zero-order valence-corrected chi connectivity index (χ0v) is 53.3. The maximum Gasteiger partial charge on any atom is 0.434 e. The number of nitrogens with two attached hydrogens (primary N) is 1. The first-order valence-electron chi connectivity index (χ1n) is 25.2. The van der Waals surface area contributed by atoms with Crippen LogP contribution in [0.25, 0.3) is 11.3 Å². The lowest BCUT2D eigenvalue weighted by Crippen LogP contribution is -2.35. The number of rotatable bonds is 21. The molecule has 29 nitrogen and oxygen atoms in total. The summed E-state index contributed by atoms with van der Waals surface area (Å²) >= 11 is 8.67. The van der Waals surface area contributed by atoms with E-state index >= 15 is 0 Å². The van der Waals surface area contributed by atoms with Gasteiger partial charge in [-0.25, -0.2) is 49.8 Å². The minimum absolute atomic E-state index is 0.0412. The standard InChI is InChI=1S/C15H12BrClF4N2O2.C15H16F3N5O4S.C14H10F4N4O7S.C5H12NO4P/c1-6(2)25-14(24)7-4-8(10(18)5-9(7)17)12-11(16)13(15(19,20)21)23(3)22-12;1-9-19-12(22-14(20-9)27-2)21-13(24)23-28(25,26)11-6-4-3-5-10(11)7-8-15(16,17)18;15-11(16)28-8-5-9(29-12(17)18)20-13(19-8)21-14(25)22-30(26,27)7-4-2-1-3-6(7)10(23)24;1-11(9,10)3-2-4(6)5(7)8/h4-6H,1-3H3;3-6H,7-8H2,1-2H3,(H2,19,20,21,22,23,24);1-5,11-12H,(H,23,24)(H2,19,20,21,22,25);4H,2-3,6H2,1H3,(H,7,8)(H,9,10). The van der Waals surface area contributed by atoms with Crippen molar-refractivity contribution >= 4 is 96.8 Å². The molecule has 6 rings (SSSR count). The van der Waals surface area contributed by atoms with Crippen LogP contribution in [0, 0.1) is 12.7 Å². The van der Waals surface area contributed by atoms with Crippen molar-refractivity contribution in [3.05, 3.63) is 110 Å². The van der Waals surface area contributed by atoms with E-state index in [2.05, 4.69) is 60.7 Å². The third-order valence-corrected chi connectivity index (χ3v) is 15.5. The first-order valence-corrected chi connectivity index (χ1v) is 31.6. The molecule has 3 heterocycles. The van der Waals surface area contributed by atoms with Crippen LogP contribution in [0.2, 0.25) is 5.02 Å². The summed E-state index contributed by atoms with van der Waals surface area (Å²) in [4.78, 5) is 82.7. The normalized spacial score (nSPS) is 12.5. The summed E-state index contributed by atoms with van der Waals surface area (Å²) in [6.07, 6.45) is -11.3. The number of urea groups is 2. The van der Waals surface area contributed by atoms with E-state index in [-0.39, 0.29) is 57.8 Å². The Balaban J connectivity index is 0.000000341. The Morgan fingerprint density at radius 3 is 1.77 bits per heavy atom. The molecule has 0 saturated carbocycles. The molecule has 9 N–H and O–H groups in total. The lowest BCUT2D eigenvalue weighted by molar-refractivity contribution is -0.144. The number of aromatic carboxylic acids is 1. The average molecular weight is 1500 g/mol. The van der Waals surface area contributed by atoms with Gasteiger partial charge in [0, 0.05) is 31.9 Å². The van der Waals surface area contributed by atoms with Crippen molar-refractivity contribution in [3.63, 3.8) is 0 Å². The molecule has 45 heteroatoms. The summed E-state index contributed by atoms with van der Waals surface area (Å²) in [6, 6.07) is 7.86. The number of carboxylic acid groups (broad SMARTS) is 2. The fraction of sp³-hybridized carbons (Fsp3) is 0.327. The van der Waals surface area contributed by atoms with Gasteiger partial charge in [0.05, 0.1) is 44.8 Å². The number of hydrogen-bond donors (Lipinski definition) is 8. The number of esters is 1. The highest BCUT2D eigenvalue weighted by Crippen LogP contribution is 2.41. The molecule has 3 aromatic heterocycles. The molecule has 2 unspecified atom stereocenters. The third kappa shape index (κ3) is 26.0. The van der Waals surface area contributed by atoms with Crippen LogP contribution in [-0.4, -0.2) is 148 Å². The number of ether oxygens (including phenoxy) is 4. The number of aryl methyl sites for hydroxylation is 3. The van der Waals surface area contributed by atoms with E-state index in [1.807, 2.05) is 0 Å². The Labute approximate surface area is 536 Å². The Morgan fingerprint density at radius 1 is 0.787 bits per heavy atom. The molecule has 0 aliphatic heterocycles. The van der Waals surface area contributed by atoms with Gasteiger partial charge in [0.1, 0.15) is 28.3 Å². The van der Waals surface area contributed by atoms with Gasteiger partial charge in [-0.3, -0.25) is 24.7 Å². The van der Waals surface area contributed by atoms with Gasteiger partial charge >= 0.3 is 61.6 Å². The van der Waals surface area contributed by atoms with Crippen LogP contribution in [0.1, 0.15) is 64.5 Å². The van der Waals surface area contributed by atoms with E-state index < -0.39 is 157 Å². The van der Waals surface area contributed by atoms with Crippen molar-refractivity contribution < 1.29 is 128 Å². The second-order valence-corrected chi connectivity index (χ2v) is 25.4. The second-order valence-electron chi connectivity index (χ2n) is 18.4. The minimum atomic E-state index is -4.71. The number of aromatic nitrogens is 7. The maximum absolute atomic E-state index is 14.3. The van der Waals surface area contributed by atoms with E-state index in [0.717, 1.165) is 37.4 Å². The number of nitrogens with zero attached hydrogens (tertiary/aromatic N) is 7. The van der Waals surface area contributed by atoms with Crippen LogP contribution in [0.3, 0.4) is 0 Å². The summed E-state index contributed by atoms with van der Waals surface area (Å²) in [7, 11) is -9.88. The third-order valence-electron chi connectivity index (χ3n) is 10.6. The summed E-state index contributed by atoms with van der Waals surface area (Å²) < 4.78 is 221. The van der Waals surface area contributed by atoms with E-state index in [0.29, 0.717) is 10.7 Å². The van der Waals surface area contributed by atoms with Gasteiger partial charge in [-0.1, -0.05) is 41.9 Å². The lowest BCUT2D eigenvalue weighted by atomic mass is 10.1. The molecule has 4 amide bonds. The summed E-state index contributed by atoms with van der Waals surface area (Å²) in [5.41, 5.74) is 2.52. The number of benzene rings is 3. The summed E-state index contributed by atoms with van der Waals surface area (Å²) in [5.74, 6) is -7.38. The van der Waals surface area contributed by atoms with Crippen LogP contribution in [0.15, 0.2) is 81.0 Å². The number of halogens is 13. The highest BCUT2D eigenvalue weighted by atomic mass is 79.9. The maximum atomic E-state index is 14.3. The zero-order valence-electron chi connectivity index (χ0n) is 48.4. The molecule has 3 aromatic carbocycles. The predicted molar refractivity (Wildman–Crippen MR) is 307 cm³/mol. The van der Waals surface area contributed by atoms with Crippen molar-refractivity contribution in [1.29, 1.82) is 0 Å². The Hall–Kier alpha value is -8.64. The molecule has 2 atom stereocenters. The SMILES string of the molecule is CC(C)OC(=O)c1cc(-c2nn(C)c(C(F)(F)F)c2Br)c(F)cc1Cl.COc1nc(C)nc(NC(=O)NS(=O)(=O)c2ccccc2CCC(F)(F)F)n1.CP(=O)(O)CCC(N)C(=O)O.O=C(Nc1nc(OC(F)F)cc(OC(F)F)n1)NS(=O)(=O)c1ccccc1C(=O)O. The highest BCUT2D eigenvalue weighted by Gasteiger charge is 2.39. The lowest BCUT2D eigenvalue weighted by Gasteiger charge is -2.13. The van der Waals surface area contributed by atoms with E-state index in [4.69, 9.17) is 41.9 Å². The number of methoxy groups -OCH3 is 1.